The second-order valence-corrected chi connectivity index (χ2v) is 4.94. The summed E-state index contributed by atoms with van der Waals surface area (Å²) in [5.41, 5.74) is 6.31. The molecule has 1 aromatic rings. The lowest BCUT2D eigenvalue weighted by molar-refractivity contribution is 0.0595. The molecule has 1 aromatic heterocycles. The summed E-state index contributed by atoms with van der Waals surface area (Å²) in [4.78, 5) is 18.3. The summed E-state index contributed by atoms with van der Waals surface area (Å²) in [5.74, 6) is 0.732. The van der Waals surface area contributed by atoms with E-state index in [2.05, 4.69) is 16.8 Å². The zero-order valence-electron chi connectivity index (χ0n) is 11.8. The number of carbonyl (C=O) groups excluding carboxylic acids is 1. The van der Waals surface area contributed by atoms with Gasteiger partial charge in [0.1, 0.15) is 11.6 Å². The van der Waals surface area contributed by atoms with Crippen molar-refractivity contribution in [3.8, 4) is 0 Å². The van der Waals surface area contributed by atoms with Gasteiger partial charge < -0.3 is 19.9 Å². The third-order valence-electron chi connectivity index (χ3n) is 3.80. The highest BCUT2D eigenvalue weighted by Crippen LogP contribution is 2.27. The van der Waals surface area contributed by atoms with Crippen LogP contribution in [0.5, 0.6) is 0 Å². The molecule has 2 rings (SSSR count). The number of anilines is 1. The van der Waals surface area contributed by atoms with Crippen molar-refractivity contribution in [2.75, 3.05) is 32.5 Å². The molecule has 19 heavy (non-hydrogen) atoms. The van der Waals surface area contributed by atoms with Gasteiger partial charge in [-0.2, -0.15) is 0 Å². The van der Waals surface area contributed by atoms with Gasteiger partial charge in [0.05, 0.1) is 7.11 Å². The monoisotopic (exact) mass is 266 g/mol. The van der Waals surface area contributed by atoms with Crippen molar-refractivity contribution in [1.29, 1.82) is 0 Å². The minimum atomic E-state index is -0.470. The fraction of sp³-hybridized carbons (Fsp3) is 0.692. The van der Waals surface area contributed by atoms with E-state index in [4.69, 9.17) is 10.5 Å². The van der Waals surface area contributed by atoms with E-state index < -0.39 is 5.97 Å². The van der Waals surface area contributed by atoms with Crippen LogP contribution in [0.2, 0.25) is 0 Å². The number of hydrogen-bond acceptors (Lipinski definition) is 5. The molecule has 1 fully saturated rings. The topological polar surface area (TPSA) is 73.4 Å². The normalized spacial score (nSPS) is 20.5. The molecule has 106 valence electrons. The highest BCUT2D eigenvalue weighted by Gasteiger charge is 2.27. The molecule has 1 atom stereocenters. The van der Waals surface area contributed by atoms with Gasteiger partial charge in [0.15, 0.2) is 5.69 Å². The van der Waals surface area contributed by atoms with Crippen molar-refractivity contribution in [2.45, 2.75) is 32.7 Å². The first-order valence-corrected chi connectivity index (χ1v) is 6.73. The largest absolute Gasteiger partial charge is 0.464 e. The lowest BCUT2D eigenvalue weighted by atomic mass is 10.1. The summed E-state index contributed by atoms with van der Waals surface area (Å²) in [6, 6.07) is 0.291. The molecule has 0 bridgehead atoms. The summed E-state index contributed by atoms with van der Waals surface area (Å²) in [5, 5.41) is 0. The van der Waals surface area contributed by atoms with E-state index in [0.717, 1.165) is 38.3 Å². The van der Waals surface area contributed by atoms with E-state index in [1.54, 1.807) is 0 Å². The van der Waals surface area contributed by atoms with Crippen molar-refractivity contribution >= 4 is 11.8 Å². The van der Waals surface area contributed by atoms with Gasteiger partial charge in [-0.3, -0.25) is 0 Å². The zero-order chi connectivity index (χ0) is 14.0. The molecule has 2 heterocycles. The van der Waals surface area contributed by atoms with Gasteiger partial charge in [-0.05, 0) is 32.9 Å². The molecule has 6 heteroatoms. The number of likely N-dealkylation sites (N-methyl/N-ethyl adjacent to an activating group) is 1. The number of hydrogen-bond donors (Lipinski definition) is 1. The van der Waals surface area contributed by atoms with Gasteiger partial charge >= 0.3 is 5.97 Å². The number of rotatable bonds is 3. The second kappa shape index (κ2) is 5.61. The maximum Gasteiger partial charge on any atom is 0.360 e. The van der Waals surface area contributed by atoms with Crippen LogP contribution in [0.25, 0.3) is 0 Å². The Morgan fingerprint density at radius 1 is 1.58 bits per heavy atom. The smallest absolute Gasteiger partial charge is 0.360 e. The maximum atomic E-state index is 11.6. The minimum absolute atomic E-state index is 0.230. The Kier molecular flexibility index (Phi) is 4.09. The van der Waals surface area contributed by atoms with Crippen molar-refractivity contribution in [1.82, 2.24) is 14.5 Å². The number of likely N-dealkylation sites (tertiary alicyclic amines) is 1. The number of aryl methyl sites for hydroxylation is 1. The fourth-order valence-corrected chi connectivity index (χ4v) is 2.80. The lowest BCUT2D eigenvalue weighted by Crippen LogP contribution is -2.37. The van der Waals surface area contributed by atoms with Gasteiger partial charge in [-0.1, -0.05) is 6.92 Å². The predicted molar refractivity (Wildman–Crippen MR) is 73.1 cm³/mol. The zero-order valence-corrected chi connectivity index (χ0v) is 11.8. The van der Waals surface area contributed by atoms with Crippen LogP contribution in [0.15, 0.2) is 0 Å². The highest BCUT2D eigenvalue weighted by molar-refractivity contribution is 5.92. The number of ether oxygens (including phenoxy) is 1. The first kappa shape index (κ1) is 13.9. The third kappa shape index (κ3) is 2.58. The third-order valence-corrected chi connectivity index (χ3v) is 3.80. The molecule has 0 saturated carbocycles. The average molecular weight is 266 g/mol. The Labute approximate surface area is 113 Å². The van der Waals surface area contributed by atoms with E-state index >= 15 is 0 Å². The Hall–Kier alpha value is -1.56. The average Bonchev–Trinajstić information content (AvgIpc) is 2.73. The van der Waals surface area contributed by atoms with E-state index in [-0.39, 0.29) is 5.69 Å². The molecule has 1 aliphatic heterocycles. The van der Waals surface area contributed by atoms with Crippen molar-refractivity contribution in [3.05, 3.63) is 11.5 Å². The second-order valence-electron chi connectivity index (χ2n) is 4.94. The van der Waals surface area contributed by atoms with E-state index in [1.165, 1.54) is 7.11 Å². The summed E-state index contributed by atoms with van der Waals surface area (Å²) in [6.07, 6.45) is 2.21. The lowest BCUT2D eigenvalue weighted by Gasteiger charge is -2.33. The van der Waals surface area contributed by atoms with Crippen LogP contribution >= 0.6 is 0 Å². The fourth-order valence-electron chi connectivity index (χ4n) is 2.80. The van der Waals surface area contributed by atoms with E-state index in [9.17, 15) is 4.79 Å². The molecular formula is C13H22N4O2. The molecule has 0 spiro atoms. The number of piperidine rings is 1. The molecular weight excluding hydrogens is 244 g/mol. The first-order chi connectivity index (χ1) is 9.08. The Balaban J connectivity index is 2.29. The number of carbonyl (C=O) groups is 1. The Bertz CT molecular complexity index is 469. The number of nitrogens with two attached hydrogens (primary N) is 1. The number of aromatic nitrogens is 2. The summed E-state index contributed by atoms with van der Waals surface area (Å²) in [7, 11) is 1.34. The SMILES string of the molecule is CCN1CCCC(n2c(C)nc(C(=O)OC)c2N)C1. The highest BCUT2D eigenvalue weighted by atomic mass is 16.5. The Morgan fingerprint density at radius 2 is 2.32 bits per heavy atom. The molecule has 0 amide bonds. The predicted octanol–water partition coefficient (Wildman–Crippen LogP) is 1.22. The maximum absolute atomic E-state index is 11.6. The standard InChI is InChI=1S/C13H22N4O2/c1-4-16-7-5-6-10(8-16)17-9(2)15-11(12(17)14)13(18)19-3/h10H,4-8,14H2,1-3H3. The van der Waals surface area contributed by atoms with Crippen LogP contribution in [0, 0.1) is 6.92 Å². The number of nitrogens with zero attached hydrogens (tertiary/aromatic N) is 3. The minimum Gasteiger partial charge on any atom is -0.464 e. The molecule has 0 aliphatic carbocycles. The van der Waals surface area contributed by atoms with Crippen LogP contribution in [0.4, 0.5) is 5.82 Å². The van der Waals surface area contributed by atoms with Crippen LogP contribution in [0.1, 0.15) is 42.1 Å². The van der Waals surface area contributed by atoms with Crippen molar-refractivity contribution in [3.63, 3.8) is 0 Å². The van der Waals surface area contributed by atoms with Crippen LogP contribution in [-0.4, -0.2) is 47.2 Å². The summed E-state index contributed by atoms with van der Waals surface area (Å²) >= 11 is 0. The molecule has 1 aliphatic rings. The number of nitrogen functional groups attached to an aromatic ring is 1. The molecule has 1 saturated heterocycles. The van der Waals surface area contributed by atoms with Gasteiger partial charge in [-0.25, -0.2) is 9.78 Å². The van der Waals surface area contributed by atoms with Gasteiger partial charge in [-0.15, -0.1) is 0 Å². The van der Waals surface area contributed by atoms with Gasteiger partial charge in [0.2, 0.25) is 0 Å². The molecule has 0 radical (unpaired) electrons. The van der Waals surface area contributed by atoms with Crippen LogP contribution in [-0.2, 0) is 4.74 Å². The number of methoxy groups -OCH3 is 1. The first-order valence-electron chi connectivity index (χ1n) is 6.73. The molecule has 6 nitrogen and oxygen atoms in total. The van der Waals surface area contributed by atoms with E-state index in [1.807, 2.05) is 11.5 Å². The Morgan fingerprint density at radius 3 is 2.95 bits per heavy atom. The summed E-state index contributed by atoms with van der Waals surface area (Å²) < 4.78 is 6.69. The molecule has 2 N–H and O–H groups in total. The quantitative estimate of drug-likeness (QED) is 0.833. The van der Waals surface area contributed by atoms with Crippen LogP contribution < -0.4 is 5.73 Å². The van der Waals surface area contributed by atoms with Gasteiger partial charge in [0, 0.05) is 12.6 Å². The molecule has 0 aromatic carbocycles. The molecule has 1 unspecified atom stereocenters. The van der Waals surface area contributed by atoms with Crippen molar-refractivity contribution in [2.24, 2.45) is 0 Å². The van der Waals surface area contributed by atoms with Crippen molar-refractivity contribution < 1.29 is 9.53 Å². The number of esters is 1. The van der Waals surface area contributed by atoms with Gasteiger partial charge in [0.25, 0.3) is 0 Å². The summed E-state index contributed by atoms with van der Waals surface area (Å²) in [6.45, 7) is 7.16. The van der Waals surface area contributed by atoms with E-state index in [0.29, 0.717) is 11.9 Å². The van der Waals surface area contributed by atoms with Crippen LogP contribution in [0.3, 0.4) is 0 Å². The number of imidazole rings is 1.